The van der Waals surface area contributed by atoms with Crippen molar-refractivity contribution in [3.8, 4) is 6.01 Å². The fourth-order valence-corrected chi connectivity index (χ4v) is 3.72. The van der Waals surface area contributed by atoms with E-state index in [2.05, 4.69) is 54.4 Å². The van der Waals surface area contributed by atoms with E-state index in [1.54, 1.807) is 0 Å². The third-order valence-corrected chi connectivity index (χ3v) is 5.46. The Bertz CT molecular complexity index is 1220. The maximum Gasteiger partial charge on any atom is 0.323 e. The zero-order valence-corrected chi connectivity index (χ0v) is 18.3. The predicted molar refractivity (Wildman–Crippen MR) is 129 cm³/mol. The van der Waals surface area contributed by atoms with E-state index in [4.69, 9.17) is 9.47 Å². The summed E-state index contributed by atoms with van der Waals surface area (Å²) in [5.74, 6) is 1.03. The highest BCUT2D eigenvalue weighted by Crippen LogP contribution is 2.20. The summed E-state index contributed by atoms with van der Waals surface area (Å²) in [5.41, 5.74) is 3.39. The van der Waals surface area contributed by atoms with Crippen LogP contribution in [-0.4, -0.2) is 52.8 Å². The van der Waals surface area contributed by atoms with Crippen LogP contribution in [0.2, 0.25) is 0 Å². The lowest BCUT2D eigenvalue weighted by atomic mass is 10.2. The Balaban J connectivity index is 1.31. The van der Waals surface area contributed by atoms with Crippen molar-refractivity contribution in [3.63, 3.8) is 0 Å². The van der Waals surface area contributed by atoms with Gasteiger partial charge in [-0.25, -0.2) is 0 Å². The van der Waals surface area contributed by atoms with Gasteiger partial charge in [0, 0.05) is 48.4 Å². The van der Waals surface area contributed by atoms with Crippen LogP contribution in [0.4, 0.5) is 11.9 Å². The standard InChI is InChI=1S/C25H26N6O2/c1-2-6-19(7-3-1)11-15-33-25-29-23(28-24(30-25)31-13-16-32-17-14-31)26-12-10-20-18-27-22-9-5-4-8-21(20)22/h1-10,12,18,27H,11,13-17H2,(H,26,28,29,30)/b12-10+. The first kappa shape index (κ1) is 21.0. The average Bonchev–Trinajstić information content (AvgIpc) is 3.28. The van der Waals surface area contributed by atoms with Crippen molar-refractivity contribution >= 4 is 28.9 Å². The molecule has 1 aliphatic heterocycles. The summed E-state index contributed by atoms with van der Waals surface area (Å²) >= 11 is 0. The molecule has 0 spiro atoms. The van der Waals surface area contributed by atoms with Crippen LogP contribution in [0.3, 0.4) is 0 Å². The Kier molecular flexibility index (Phi) is 6.44. The van der Waals surface area contributed by atoms with Gasteiger partial charge in [-0.3, -0.25) is 0 Å². The second-order valence-corrected chi connectivity index (χ2v) is 7.69. The second kappa shape index (κ2) is 10.1. The first-order chi connectivity index (χ1) is 16.3. The van der Waals surface area contributed by atoms with E-state index < -0.39 is 0 Å². The minimum Gasteiger partial charge on any atom is -0.463 e. The summed E-state index contributed by atoms with van der Waals surface area (Å²) in [7, 11) is 0. The van der Waals surface area contributed by atoms with Crippen molar-refractivity contribution < 1.29 is 9.47 Å². The molecule has 0 unspecified atom stereocenters. The first-order valence-corrected chi connectivity index (χ1v) is 11.1. The van der Waals surface area contributed by atoms with E-state index >= 15 is 0 Å². The molecule has 8 heteroatoms. The minimum absolute atomic E-state index is 0.311. The molecule has 0 saturated carbocycles. The van der Waals surface area contributed by atoms with Crippen LogP contribution in [0.1, 0.15) is 11.1 Å². The molecule has 0 atom stereocenters. The van der Waals surface area contributed by atoms with E-state index in [0.717, 1.165) is 36.0 Å². The molecule has 0 radical (unpaired) electrons. The Morgan fingerprint density at radius 2 is 1.82 bits per heavy atom. The van der Waals surface area contributed by atoms with Gasteiger partial charge in [0.2, 0.25) is 11.9 Å². The van der Waals surface area contributed by atoms with E-state index in [9.17, 15) is 0 Å². The Labute approximate surface area is 192 Å². The zero-order valence-electron chi connectivity index (χ0n) is 18.3. The molecule has 2 aromatic heterocycles. The maximum atomic E-state index is 5.90. The lowest BCUT2D eigenvalue weighted by molar-refractivity contribution is 0.122. The van der Waals surface area contributed by atoms with Gasteiger partial charge >= 0.3 is 6.01 Å². The molecular formula is C25H26N6O2. The molecule has 0 bridgehead atoms. The van der Waals surface area contributed by atoms with Gasteiger partial charge < -0.3 is 24.7 Å². The molecule has 5 rings (SSSR count). The Morgan fingerprint density at radius 3 is 2.70 bits per heavy atom. The quantitative estimate of drug-likeness (QED) is 0.428. The second-order valence-electron chi connectivity index (χ2n) is 7.69. The van der Waals surface area contributed by atoms with E-state index in [-0.39, 0.29) is 0 Å². The van der Waals surface area contributed by atoms with Crippen molar-refractivity contribution in [1.82, 2.24) is 19.9 Å². The summed E-state index contributed by atoms with van der Waals surface area (Å²) in [4.78, 5) is 19.0. The van der Waals surface area contributed by atoms with Crippen molar-refractivity contribution in [1.29, 1.82) is 0 Å². The molecule has 1 saturated heterocycles. The maximum absolute atomic E-state index is 5.90. The first-order valence-electron chi connectivity index (χ1n) is 11.1. The van der Waals surface area contributed by atoms with Crippen LogP contribution in [0.25, 0.3) is 17.0 Å². The third kappa shape index (κ3) is 5.30. The number of para-hydroxylation sites is 1. The van der Waals surface area contributed by atoms with Gasteiger partial charge in [-0.2, -0.15) is 15.0 Å². The molecule has 8 nitrogen and oxygen atoms in total. The fraction of sp³-hybridized carbons (Fsp3) is 0.240. The minimum atomic E-state index is 0.311. The number of rotatable bonds is 8. The van der Waals surface area contributed by atoms with Crippen LogP contribution in [0.5, 0.6) is 6.01 Å². The van der Waals surface area contributed by atoms with Crippen LogP contribution >= 0.6 is 0 Å². The van der Waals surface area contributed by atoms with Crippen LogP contribution < -0.4 is 15.0 Å². The zero-order chi connectivity index (χ0) is 22.3. The van der Waals surface area contributed by atoms with Crippen LogP contribution in [0.15, 0.2) is 67.0 Å². The number of aromatic amines is 1. The summed E-state index contributed by atoms with van der Waals surface area (Å²) in [6.07, 6.45) is 6.59. The number of anilines is 2. The number of ether oxygens (including phenoxy) is 2. The molecule has 2 aromatic carbocycles. The number of hydrogen-bond donors (Lipinski definition) is 2. The van der Waals surface area contributed by atoms with Gasteiger partial charge in [-0.05, 0) is 17.7 Å². The number of morpholine rings is 1. The lowest BCUT2D eigenvalue weighted by Crippen LogP contribution is -2.37. The summed E-state index contributed by atoms with van der Waals surface area (Å²) in [5, 5.41) is 4.34. The Morgan fingerprint density at radius 1 is 1.00 bits per heavy atom. The SMILES string of the molecule is C(=C\c1c[nH]c2ccccc12)/Nc1nc(OCCc2ccccc2)nc(N2CCOCC2)n1. The van der Waals surface area contributed by atoms with Gasteiger partial charge in [-0.15, -0.1) is 0 Å². The van der Waals surface area contributed by atoms with Gasteiger partial charge in [0.1, 0.15) is 0 Å². The highest BCUT2D eigenvalue weighted by atomic mass is 16.5. The molecule has 0 aliphatic carbocycles. The number of aromatic nitrogens is 4. The van der Waals surface area contributed by atoms with E-state index in [1.807, 2.05) is 48.8 Å². The number of nitrogens with zero attached hydrogens (tertiary/aromatic N) is 4. The summed E-state index contributed by atoms with van der Waals surface area (Å²) < 4.78 is 11.4. The highest BCUT2D eigenvalue weighted by molar-refractivity contribution is 5.88. The molecule has 1 fully saturated rings. The topological polar surface area (TPSA) is 88.2 Å². The summed E-state index contributed by atoms with van der Waals surface area (Å²) in [6, 6.07) is 18.7. The number of nitrogens with one attached hydrogen (secondary N) is 2. The van der Waals surface area contributed by atoms with Crippen molar-refractivity contribution in [2.75, 3.05) is 43.1 Å². The highest BCUT2D eigenvalue weighted by Gasteiger charge is 2.17. The monoisotopic (exact) mass is 442 g/mol. The average molecular weight is 443 g/mol. The molecule has 2 N–H and O–H groups in total. The van der Waals surface area contributed by atoms with Gasteiger partial charge in [-0.1, -0.05) is 48.5 Å². The van der Waals surface area contributed by atoms with Crippen LogP contribution in [-0.2, 0) is 11.2 Å². The number of fused-ring (bicyclic) bond motifs is 1. The van der Waals surface area contributed by atoms with E-state index in [1.165, 1.54) is 5.56 Å². The van der Waals surface area contributed by atoms with Gasteiger partial charge in [0.05, 0.1) is 19.8 Å². The lowest BCUT2D eigenvalue weighted by Gasteiger charge is -2.26. The number of benzene rings is 2. The van der Waals surface area contributed by atoms with Crippen molar-refractivity contribution in [2.24, 2.45) is 0 Å². The van der Waals surface area contributed by atoms with Gasteiger partial charge in [0.25, 0.3) is 0 Å². The normalized spacial score (nSPS) is 14.1. The number of H-pyrrole nitrogens is 1. The largest absolute Gasteiger partial charge is 0.463 e. The molecule has 33 heavy (non-hydrogen) atoms. The number of hydrogen-bond acceptors (Lipinski definition) is 7. The van der Waals surface area contributed by atoms with Crippen molar-refractivity contribution in [3.05, 3.63) is 78.1 Å². The molecular weight excluding hydrogens is 416 g/mol. The Hall–Kier alpha value is -3.91. The smallest absolute Gasteiger partial charge is 0.323 e. The van der Waals surface area contributed by atoms with Crippen LogP contribution in [0, 0.1) is 0 Å². The van der Waals surface area contributed by atoms with Gasteiger partial charge in [0.15, 0.2) is 0 Å². The molecule has 3 heterocycles. The predicted octanol–water partition coefficient (Wildman–Crippen LogP) is 3.89. The summed E-state index contributed by atoms with van der Waals surface area (Å²) in [6.45, 7) is 3.26. The molecule has 168 valence electrons. The van der Waals surface area contributed by atoms with Crippen molar-refractivity contribution in [2.45, 2.75) is 6.42 Å². The molecule has 1 aliphatic rings. The molecule has 4 aromatic rings. The van der Waals surface area contributed by atoms with E-state index in [0.29, 0.717) is 37.7 Å². The third-order valence-electron chi connectivity index (χ3n) is 5.46. The molecule has 0 amide bonds. The fourth-order valence-electron chi connectivity index (χ4n) is 3.72.